The van der Waals surface area contributed by atoms with E-state index in [1.807, 2.05) is 19.0 Å². The van der Waals surface area contributed by atoms with Crippen LogP contribution in [0, 0.1) is 0 Å². The number of benzene rings is 2. The fraction of sp³-hybridized carbons (Fsp3) is 0.238. The molecule has 0 aliphatic carbocycles. The van der Waals surface area contributed by atoms with Crippen LogP contribution in [0.5, 0.6) is 5.75 Å². The molecule has 1 heterocycles. The molecule has 3 rings (SSSR count). The molecule has 6 nitrogen and oxygen atoms in total. The molecule has 1 amide bonds. The molecule has 7 heteroatoms. The van der Waals surface area contributed by atoms with Crippen molar-refractivity contribution in [2.45, 2.75) is 6.04 Å². The Morgan fingerprint density at radius 1 is 1.14 bits per heavy atom. The molecule has 1 aliphatic rings. The van der Waals surface area contributed by atoms with E-state index >= 15 is 0 Å². The quantitative estimate of drug-likeness (QED) is 0.458. The standard InChI is InChI=1S/C21H21ClN2O4/c1-23(2)10-11-24-18(14-4-3-5-16(25)12-14)17(20(27)21(24)28)19(26)13-6-8-15(22)9-7-13/h3-9,12,18,25-26H,10-11H2,1-2H3/b19-17-. The molecule has 0 aromatic heterocycles. The lowest BCUT2D eigenvalue weighted by Crippen LogP contribution is -2.35. The molecule has 0 saturated carbocycles. The number of hydrogen-bond acceptors (Lipinski definition) is 5. The summed E-state index contributed by atoms with van der Waals surface area (Å²) in [6, 6.07) is 11.9. The van der Waals surface area contributed by atoms with Gasteiger partial charge in [0.05, 0.1) is 11.6 Å². The maximum atomic E-state index is 12.8. The van der Waals surface area contributed by atoms with Gasteiger partial charge in [0.2, 0.25) is 0 Å². The fourth-order valence-electron chi connectivity index (χ4n) is 3.22. The first-order valence-corrected chi connectivity index (χ1v) is 9.15. The van der Waals surface area contributed by atoms with Crippen LogP contribution >= 0.6 is 11.6 Å². The van der Waals surface area contributed by atoms with Gasteiger partial charge < -0.3 is 20.0 Å². The molecule has 2 aromatic rings. The van der Waals surface area contributed by atoms with Gasteiger partial charge in [0.15, 0.2) is 0 Å². The first kappa shape index (κ1) is 19.9. The fourth-order valence-corrected chi connectivity index (χ4v) is 3.35. The van der Waals surface area contributed by atoms with E-state index in [0.717, 1.165) is 0 Å². The Labute approximate surface area is 168 Å². The molecule has 1 fully saturated rings. The number of carbonyl (C=O) groups excluding carboxylic acids is 2. The Bertz CT molecular complexity index is 938. The van der Waals surface area contributed by atoms with Crippen molar-refractivity contribution in [3.8, 4) is 5.75 Å². The molecule has 0 radical (unpaired) electrons. The number of carbonyl (C=O) groups is 2. The van der Waals surface area contributed by atoms with Gasteiger partial charge in [0.1, 0.15) is 11.5 Å². The highest BCUT2D eigenvalue weighted by atomic mass is 35.5. The summed E-state index contributed by atoms with van der Waals surface area (Å²) >= 11 is 5.90. The molecular formula is C21H21ClN2O4. The largest absolute Gasteiger partial charge is 0.508 e. The number of Topliss-reactive ketones (excluding diaryl/α,β-unsaturated/α-hetero) is 1. The van der Waals surface area contributed by atoms with Crippen molar-refractivity contribution >= 4 is 29.1 Å². The summed E-state index contributed by atoms with van der Waals surface area (Å²) in [5.41, 5.74) is 0.935. The summed E-state index contributed by atoms with van der Waals surface area (Å²) in [7, 11) is 3.74. The number of aromatic hydroxyl groups is 1. The van der Waals surface area contributed by atoms with Gasteiger partial charge in [-0.2, -0.15) is 0 Å². The van der Waals surface area contributed by atoms with Crippen molar-refractivity contribution in [3.05, 3.63) is 70.3 Å². The number of ketones is 1. The molecule has 2 aromatic carbocycles. The Hall–Kier alpha value is -2.83. The summed E-state index contributed by atoms with van der Waals surface area (Å²) in [4.78, 5) is 28.8. The number of aliphatic hydroxyl groups excluding tert-OH is 1. The lowest BCUT2D eigenvalue weighted by atomic mass is 9.95. The van der Waals surface area contributed by atoms with Gasteiger partial charge in [-0.3, -0.25) is 9.59 Å². The summed E-state index contributed by atoms with van der Waals surface area (Å²) in [6.07, 6.45) is 0. The van der Waals surface area contributed by atoms with Crippen LogP contribution in [0.3, 0.4) is 0 Å². The number of likely N-dealkylation sites (N-methyl/N-ethyl adjacent to an activating group) is 1. The zero-order chi connectivity index (χ0) is 20.4. The molecule has 0 spiro atoms. The molecule has 0 bridgehead atoms. The molecule has 1 saturated heterocycles. The maximum absolute atomic E-state index is 12.8. The van der Waals surface area contributed by atoms with Crippen LogP contribution in [-0.4, -0.2) is 58.9 Å². The van der Waals surface area contributed by atoms with Crippen molar-refractivity contribution in [3.63, 3.8) is 0 Å². The number of amides is 1. The van der Waals surface area contributed by atoms with Crippen LogP contribution in [-0.2, 0) is 9.59 Å². The van der Waals surface area contributed by atoms with E-state index < -0.39 is 17.7 Å². The normalized spacial score (nSPS) is 18.9. The lowest BCUT2D eigenvalue weighted by molar-refractivity contribution is -0.140. The molecule has 146 valence electrons. The predicted molar refractivity (Wildman–Crippen MR) is 107 cm³/mol. The van der Waals surface area contributed by atoms with Gasteiger partial charge in [0, 0.05) is 23.7 Å². The zero-order valence-corrected chi connectivity index (χ0v) is 16.3. The Morgan fingerprint density at radius 2 is 1.82 bits per heavy atom. The Balaban J connectivity index is 2.14. The minimum absolute atomic E-state index is 0.00308. The first-order chi connectivity index (χ1) is 13.3. The molecule has 1 aliphatic heterocycles. The third-order valence-electron chi connectivity index (χ3n) is 4.63. The van der Waals surface area contributed by atoms with Crippen LogP contribution in [0.25, 0.3) is 5.76 Å². The molecule has 2 N–H and O–H groups in total. The van der Waals surface area contributed by atoms with Crippen molar-refractivity contribution in [2.75, 3.05) is 27.2 Å². The monoisotopic (exact) mass is 400 g/mol. The average Bonchev–Trinajstić information content (AvgIpc) is 2.91. The lowest BCUT2D eigenvalue weighted by Gasteiger charge is -2.26. The SMILES string of the molecule is CN(C)CCN1C(=O)C(=O)/C(=C(\O)c2ccc(Cl)cc2)C1c1cccc(O)c1. The van der Waals surface area contributed by atoms with Crippen molar-refractivity contribution in [2.24, 2.45) is 0 Å². The van der Waals surface area contributed by atoms with Crippen LogP contribution in [0.2, 0.25) is 5.02 Å². The van der Waals surface area contributed by atoms with E-state index in [1.165, 1.54) is 17.0 Å². The van der Waals surface area contributed by atoms with E-state index in [2.05, 4.69) is 0 Å². The second kappa shape index (κ2) is 8.04. The van der Waals surface area contributed by atoms with Crippen molar-refractivity contribution in [1.82, 2.24) is 9.80 Å². The maximum Gasteiger partial charge on any atom is 0.295 e. The zero-order valence-electron chi connectivity index (χ0n) is 15.6. The van der Waals surface area contributed by atoms with E-state index in [1.54, 1.807) is 36.4 Å². The van der Waals surface area contributed by atoms with Gasteiger partial charge >= 0.3 is 0 Å². The van der Waals surface area contributed by atoms with Crippen molar-refractivity contribution < 1.29 is 19.8 Å². The number of rotatable bonds is 5. The third kappa shape index (κ3) is 3.88. The summed E-state index contributed by atoms with van der Waals surface area (Å²) in [6.45, 7) is 0.846. The van der Waals surface area contributed by atoms with Gasteiger partial charge in [-0.25, -0.2) is 0 Å². The predicted octanol–water partition coefficient (Wildman–Crippen LogP) is 3.03. The number of nitrogens with zero attached hydrogens (tertiary/aromatic N) is 2. The highest BCUT2D eigenvalue weighted by molar-refractivity contribution is 6.46. The number of hydrogen-bond donors (Lipinski definition) is 2. The van der Waals surface area contributed by atoms with E-state index in [0.29, 0.717) is 29.2 Å². The second-order valence-electron chi connectivity index (χ2n) is 6.90. The number of halogens is 1. The number of phenolic OH excluding ortho intramolecular Hbond substituents is 1. The number of likely N-dealkylation sites (tertiary alicyclic amines) is 1. The minimum atomic E-state index is -0.789. The summed E-state index contributed by atoms with van der Waals surface area (Å²) in [5.74, 6) is -1.68. The summed E-state index contributed by atoms with van der Waals surface area (Å²) in [5, 5.41) is 21.2. The third-order valence-corrected chi connectivity index (χ3v) is 4.88. The highest BCUT2D eigenvalue weighted by Crippen LogP contribution is 2.40. The smallest absolute Gasteiger partial charge is 0.295 e. The van der Waals surface area contributed by atoms with Crippen LogP contribution in [0.1, 0.15) is 17.2 Å². The van der Waals surface area contributed by atoms with Crippen LogP contribution in [0.4, 0.5) is 0 Å². The van der Waals surface area contributed by atoms with E-state index in [-0.39, 0.29) is 17.1 Å². The average molecular weight is 401 g/mol. The highest BCUT2D eigenvalue weighted by Gasteiger charge is 2.45. The van der Waals surface area contributed by atoms with E-state index in [4.69, 9.17) is 11.6 Å². The minimum Gasteiger partial charge on any atom is -0.508 e. The molecular weight excluding hydrogens is 380 g/mol. The van der Waals surface area contributed by atoms with Crippen molar-refractivity contribution in [1.29, 1.82) is 0 Å². The van der Waals surface area contributed by atoms with Crippen LogP contribution in [0.15, 0.2) is 54.1 Å². The Morgan fingerprint density at radius 3 is 2.43 bits per heavy atom. The molecule has 1 atom stereocenters. The number of aliphatic hydroxyl groups is 1. The van der Waals surface area contributed by atoms with Gasteiger partial charge in [-0.15, -0.1) is 0 Å². The van der Waals surface area contributed by atoms with E-state index in [9.17, 15) is 19.8 Å². The number of phenols is 1. The van der Waals surface area contributed by atoms with Gasteiger partial charge in [0.25, 0.3) is 11.7 Å². The summed E-state index contributed by atoms with van der Waals surface area (Å²) < 4.78 is 0. The van der Waals surface area contributed by atoms with Gasteiger partial charge in [-0.1, -0.05) is 23.7 Å². The Kier molecular flexibility index (Phi) is 5.72. The van der Waals surface area contributed by atoms with Gasteiger partial charge in [-0.05, 0) is 56.1 Å². The molecule has 28 heavy (non-hydrogen) atoms. The first-order valence-electron chi connectivity index (χ1n) is 8.77. The molecule has 1 unspecified atom stereocenters. The topological polar surface area (TPSA) is 81.1 Å². The van der Waals surface area contributed by atoms with Crippen LogP contribution < -0.4 is 0 Å². The second-order valence-corrected chi connectivity index (χ2v) is 7.33.